The van der Waals surface area contributed by atoms with Gasteiger partial charge in [-0.3, -0.25) is 4.79 Å². The van der Waals surface area contributed by atoms with Gasteiger partial charge in [-0.15, -0.1) is 23.7 Å². The normalized spacial score (nSPS) is 27.3. The van der Waals surface area contributed by atoms with Gasteiger partial charge in [0.25, 0.3) is 5.91 Å². The summed E-state index contributed by atoms with van der Waals surface area (Å²) in [5.41, 5.74) is 0.830. The van der Waals surface area contributed by atoms with E-state index in [0.717, 1.165) is 23.8 Å². The van der Waals surface area contributed by atoms with E-state index in [-0.39, 0.29) is 18.3 Å². The van der Waals surface area contributed by atoms with Gasteiger partial charge in [-0.1, -0.05) is 18.2 Å². The maximum absolute atomic E-state index is 12.5. The summed E-state index contributed by atoms with van der Waals surface area (Å²) in [6.45, 7) is 0. The Balaban J connectivity index is 0.00000132. The topological polar surface area (TPSA) is 41.1 Å². The Kier molecular flexibility index (Phi) is 4.20. The highest BCUT2D eigenvalue weighted by atomic mass is 35.5. The lowest BCUT2D eigenvalue weighted by Gasteiger charge is -2.29. The first kappa shape index (κ1) is 14.8. The number of rotatable bonds is 2. The third-order valence-corrected chi connectivity index (χ3v) is 5.50. The Hall–Kier alpha value is -1.10. The maximum atomic E-state index is 12.5. The number of halogens is 1. The fourth-order valence-electron chi connectivity index (χ4n) is 3.59. The lowest BCUT2D eigenvalue weighted by Crippen LogP contribution is -2.48. The summed E-state index contributed by atoms with van der Waals surface area (Å²) < 4.78 is 1.18. The summed E-state index contributed by atoms with van der Waals surface area (Å²) in [7, 11) is 0. The van der Waals surface area contributed by atoms with E-state index in [9.17, 15) is 4.79 Å². The van der Waals surface area contributed by atoms with Crippen LogP contribution in [0.4, 0.5) is 0 Å². The second kappa shape index (κ2) is 5.95. The van der Waals surface area contributed by atoms with E-state index in [1.807, 2.05) is 23.6 Å². The smallest absolute Gasteiger partial charge is 0.252 e. The Morgan fingerprint density at radius 3 is 2.67 bits per heavy atom. The summed E-state index contributed by atoms with van der Waals surface area (Å²) in [6, 6.07) is 9.67. The van der Waals surface area contributed by atoms with Crippen molar-refractivity contribution in [1.29, 1.82) is 0 Å². The zero-order valence-electron chi connectivity index (χ0n) is 11.7. The zero-order valence-corrected chi connectivity index (χ0v) is 13.3. The van der Waals surface area contributed by atoms with Gasteiger partial charge >= 0.3 is 0 Å². The van der Waals surface area contributed by atoms with Crippen molar-refractivity contribution in [3.05, 3.63) is 35.2 Å². The van der Waals surface area contributed by atoms with Gasteiger partial charge in [-0.2, -0.15) is 0 Å². The van der Waals surface area contributed by atoms with Gasteiger partial charge in [0.05, 0.1) is 5.56 Å². The van der Waals surface area contributed by atoms with Crippen molar-refractivity contribution in [2.75, 3.05) is 0 Å². The van der Waals surface area contributed by atoms with E-state index in [1.165, 1.54) is 17.5 Å². The first-order valence-electron chi connectivity index (χ1n) is 7.33. The molecule has 1 aromatic heterocycles. The molecule has 2 atom stereocenters. The highest BCUT2D eigenvalue weighted by Crippen LogP contribution is 2.28. The van der Waals surface area contributed by atoms with E-state index in [4.69, 9.17) is 0 Å². The molecular formula is C16H19ClN2OS. The highest BCUT2D eigenvalue weighted by molar-refractivity contribution is 7.17. The molecule has 2 fully saturated rings. The number of hydrogen-bond donors (Lipinski definition) is 2. The summed E-state index contributed by atoms with van der Waals surface area (Å²) >= 11 is 1.64. The molecule has 0 saturated carbocycles. The molecule has 2 aliphatic rings. The fourth-order valence-corrected chi connectivity index (χ4v) is 4.53. The van der Waals surface area contributed by atoms with Crippen LogP contribution >= 0.6 is 23.7 Å². The minimum absolute atomic E-state index is 0. The van der Waals surface area contributed by atoms with Crippen LogP contribution in [0.15, 0.2) is 29.6 Å². The van der Waals surface area contributed by atoms with E-state index >= 15 is 0 Å². The van der Waals surface area contributed by atoms with E-state index in [2.05, 4.69) is 16.7 Å². The molecule has 1 aromatic carbocycles. The molecule has 2 aromatic rings. The number of piperidine rings is 1. The van der Waals surface area contributed by atoms with Crippen molar-refractivity contribution in [3.8, 4) is 0 Å². The molecule has 0 spiro atoms. The number of nitrogens with one attached hydrogen (secondary N) is 2. The second-order valence-corrected chi connectivity index (χ2v) is 6.84. The number of carbonyl (C=O) groups is 1. The minimum Gasteiger partial charge on any atom is -0.349 e. The predicted octanol–water partition coefficient (Wildman–Crippen LogP) is 3.34. The van der Waals surface area contributed by atoms with Crippen molar-refractivity contribution in [2.45, 2.75) is 43.8 Å². The van der Waals surface area contributed by atoms with Crippen LogP contribution in [0.25, 0.3) is 10.1 Å². The van der Waals surface area contributed by atoms with Gasteiger partial charge in [0.15, 0.2) is 0 Å². The molecule has 0 aliphatic carbocycles. The number of hydrogen-bond acceptors (Lipinski definition) is 3. The van der Waals surface area contributed by atoms with Gasteiger partial charge in [-0.05, 0) is 31.7 Å². The zero-order chi connectivity index (χ0) is 13.5. The van der Waals surface area contributed by atoms with Crippen LogP contribution in [0.3, 0.4) is 0 Å². The van der Waals surface area contributed by atoms with E-state index in [0.29, 0.717) is 18.1 Å². The average Bonchev–Trinajstić information content (AvgIpc) is 3.02. The third-order valence-electron chi connectivity index (χ3n) is 4.53. The van der Waals surface area contributed by atoms with Crippen LogP contribution in [0, 0.1) is 0 Å². The van der Waals surface area contributed by atoms with Crippen molar-refractivity contribution < 1.29 is 4.79 Å². The quantitative estimate of drug-likeness (QED) is 0.890. The number of fused-ring (bicyclic) bond motifs is 3. The summed E-state index contributed by atoms with van der Waals surface area (Å²) in [4.78, 5) is 12.5. The van der Waals surface area contributed by atoms with Gasteiger partial charge < -0.3 is 10.6 Å². The van der Waals surface area contributed by atoms with Crippen molar-refractivity contribution >= 4 is 39.7 Å². The van der Waals surface area contributed by atoms with Gasteiger partial charge in [0.2, 0.25) is 0 Å². The van der Waals surface area contributed by atoms with Crippen molar-refractivity contribution in [1.82, 2.24) is 10.6 Å². The highest BCUT2D eigenvalue weighted by Gasteiger charge is 2.34. The summed E-state index contributed by atoms with van der Waals surface area (Å²) in [5.74, 6) is 0.0914. The molecule has 3 nitrogen and oxygen atoms in total. The maximum Gasteiger partial charge on any atom is 0.252 e. The van der Waals surface area contributed by atoms with Crippen LogP contribution in [-0.2, 0) is 0 Å². The van der Waals surface area contributed by atoms with Crippen LogP contribution in [0.1, 0.15) is 36.0 Å². The molecule has 1 amide bonds. The monoisotopic (exact) mass is 322 g/mol. The molecule has 2 N–H and O–H groups in total. The van der Waals surface area contributed by atoms with E-state index in [1.54, 1.807) is 11.3 Å². The lowest BCUT2D eigenvalue weighted by molar-refractivity contribution is 0.0926. The van der Waals surface area contributed by atoms with Crippen LogP contribution in [0.2, 0.25) is 0 Å². The number of amides is 1. The predicted molar refractivity (Wildman–Crippen MR) is 89.5 cm³/mol. The molecule has 5 heteroatoms. The average molecular weight is 323 g/mol. The standard InChI is InChI=1S/C16H18N2OS.ClH/c19-16(14-9-20-15-4-2-1-3-13(14)15)18-12-7-10-5-6-11(8-12)17-10;/h1-4,9-12,17H,5-8H2,(H,18,19);1H. The van der Waals surface area contributed by atoms with Gasteiger partial charge in [0.1, 0.15) is 0 Å². The molecule has 21 heavy (non-hydrogen) atoms. The largest absolute Gasteiger partial charge is 0.349 e. The number of benzene rings is 1. The van der Waals surface area contributed by atoms with Crippen LogP contribution in [0.5, 0.6) is 0 Å². The first-order valence-corrected chi connectivity index (χ1v) is 8.21. The molecule has 2 bridgehead atoms. The van der Waals surface area contributed by atoms with Gasteiger partial charge in [-0.25, -0.2) is 0 Å². The molecule has 2 aliphatic heterocycles. The number of thiophene rings is 1. The Labute approximate surface area is 134 Å². The summed E-state index contributed by atoms with van der Waals surface area (Å²) in [5, 5.41) is 9.91. The SMILES string of the molecule is Cl.O=C(NC1CC2CCC(C1)N2)c1csc2ccccc12. The fraction of sp³-hybridized carbons (Fsp3) is 0.438. The third kappa shape index (κ3) is 2.80. The van der Waals surface area contributed by atoms with Gasteiger partial charge in [0, 0.05) is 33.6 Å². The van der Waals surface area contributed by atoms with E-state index < -0.39 is 0 Å². The second-order valence-electron chi connectivity index (χ2n) is 5.93. The molecule has 0 radical (unpaired) electrons. The molecule has 2 saturated heterocycles. The first-order chi connectivity index (χ1) is 9.79. The van der Waals surface area contributed by atoms with Crippen molar-refractivity contribution in [2.24, 2.45) is 0 Å². The Morgan fingerprint density at radius 1 is 1.19 bits per heavy atom. The number of carbonyl (C=O) groups excluding carboxylic acids is 1. The summed E-state index contributed by atoms with van der Waals surface area (Å²) in [6.07, 6.45) is 4.67. The molecule has 2 unspecified atom stereocenters. The molecule has 112 valence electrons. The van der Waals surface area contributed by atoms with Crippen molar-refractivity contribution in [3.63, 3.8) is 0 Å². The van der Waals surface area contributed by atoms with Crippen LogP contribution < -0.4 is 10.6 Å². The van der Waals surface area contributed by atoms with Crippen LogP contribution in [-0.4, -0.2) is 24.0 Å². The Morgan fingerprint density at radius 2 is 1.90 bits per heavy atom. The molecule has 4 rings (SSSR count). The minimum atomic E-state index is 0. The molecular weight excluding hydrogens is 304 g/mol. The lowest BCUT2D eigenvalue weighted by atomic mass is 9.99. The molecule has 3 heterocycles. The Bertz CT molecular complexity index is 645.